The maximum atomic E-state index is 12.2. The number of hydrogen-bond donors (Lipinski definition) is 0. The molecule has 0 aromatic heterocycles. The minimum absolute atomic E-state index is 0.325. The lowest BCUT2D eigenvalue weighted by Gasteiger charge is -2.29. The summed E-state index contributed by atoms with van der Waals surface area (Å²) < 4.78 is 0. The van der Waals surface area contributed by atoms with Crippen molar-refractivity contribution in [2.75, 3.05) is 20.6 Å². The highest BCUT2D eigenvalue weighted by molar-refractivity contribution is 5.89. The Morgan fingerprint density at radius 2 is 1.82 bits per heavy atom. The molecule has 2 nitrogen and oxygen atoms in total. The molecule has 1 aromatic rings. The normalized spacial score (nSPS) is 14.6. The molecule has 0 radical (unpaired) electrons. The molecule has 17 heavy (non-hydrogen) atoms. The molecule has 0 aliphatic rings. The summed E-state index contributed by atoms with van der Waals surface area (Å²) in [5.74, 6) is 0.325. The van der Waals surface area contributed by atoms with Crippen LogP contribution >= 0.6 is 0 Å². The zero-order valence-corrected chi connectivity index (χ0v) is 11.4. The maximum Gasteiger partial charge on any atom is 0.142 e. The zero-order valence-electron chi connectivity index (χ0n) is 11.4. The van der Waals surface area contributed by atoms with E-state index in [-0.39, 0.29) is 5.41 Å². The van der Waals surface area contributed by atoms with Gasteiger partial charge in [-0.3, -0.25) is 4.79 Å². The highest BCUT2D eigenvalue weighted by atomic mass is 16.1. The Morgan fingerprint density at radius 3 is 2.29 bits per heavy atom. The van der Waals surface area contributed by atoms with Gasteiger partial charge in [-0.2, -0.15) is 0 Å². The van der Waals surface area contributed by atoms with Gasteiger partial charge in [0.15, 0.2) is 0 Å². The third kappa shape index (κ3) is 3.40. The van der Waals surface area contributed by atoms with Crippen LogP contribution in [0.25, 0.3) is 0 Å². The van der Waals surface area contributed by atoms with Gasteiger partial charge in [0.25, 0.3) is 0 Å². The second-order valence-corrected chi connectivity index (χ2v) is 5.03. The van der Waals surface area contributed by atoms with Crippen LogP contribution in [0.3, 0.4) is 0 Å². The first-order valence-corrected chi connectivity index (χ1v) is 6.24. The molecule has 0 aliphatic carbocycles. The number of hydrogen-bond acceptors (Lipinski definition) is 2. The van der Waals surface area contributed by atoms with Crippen molar-refractivity contribution >= 4 is 5.78 Å². The Morgan fingerprint density at radius 1 is 1.24 bits per heavy atom. The van der Waals surface area contributed by atoms with Gasteiger partial charge >= 0.3 is 0 Å². The molecular weight excluding hydrogens is 210 g/mol. The van der Waals surface area contributed by atoms with E-state index in [4.69, 9.17) is 0 Å². The van der Waals surface area contributed by atoms with E-state index in [0.717, 1.165) is 18.5 Å². The van der Waals surface area contributed by atoms with Gasteiger partial charge in [-0.1, -0.05) is 37.3 Å². The van der Waals surface area contributed by atoms with Gasteiger partial charge in [0.1, 0.15) is 5.78 Å². The average molecular weight is 233 g/mol. The predicted molar refractivity (Wildman–Crippen MR) is 72.3 cm³/mol. The molecule has 1 rings (SSSR count). The van der Waals surface area contributed by atoms with Crippen molar-refractivity contribution in [2.24, 2.45) is 0 Å². The highest BCUT2D eigenvalue weighted by Gasteiger charge is 2.33. The molecule has 1 unspecified atom stereocenters. The summed E-state index contributed by atoms with van der Waals surface area (Å²) >= 11 is 0. The number of benzene rings is 1. The third-order valence-electron chi connectivity index (χ3n) is 3.41. The zero-order chi connectivity index (χ0) is 12.9. The van der Waals surface area contributed by atoms with Crippen molar-refractivity contribution in [3.05, 3.63) is 35.9 Å². The Labute approximate surface area is 105 Å². The molecule has 0 aliphatic heterocycles. The fourth-order valence-electron chi connectivity index (χ4n) is 2.09. The van der Waals surface area contributed by atoms with Crippen LogP contribution in [-0.4, -0.2) is 31.3 Å². The summed E-state index contributed by atoms with van der Waals surface area (Å²) in [5.41, 5.74) is 0.786. The molecule has 0 saturated carbocycles. The van der Waals surface area contributed by atoms with Gasteiger partial charge in [-0.25, -0.2) is 0 Å². The smallest absolute Gasteiger partial charge is 0.142 e. The molecule has 0 N–H and O–H groups in total. The van der Waals surface area contributed by atoms with Gasteiger partial charge < -0.3 is 4.90 Å². The standard InChI is InChI=1S/C15H23NO/c1-5-14(17)15(2,11-12-16(3)4)13-9-7-6-8-10-13/h6-10H,5,11-12H2,1-4H3. The summed E-state index contributed by atoms with van der Waals surface area (Å²) in [6.07, 6.45) is 1.47. The van der Waals surface area contributed by atoms with E-state index in [9.17, 15) is 4.79 Å². The number of nitrogens with zero attached hydrogens (tertiary/aromatic N) is 1. The molecule has 1 atom stereocenters. The Kier molecular flexibility index (Phi) is 4.88. The van der Waals surface area contributed by atoms with E-state index in [1.165, 1.54) is 0 Å². The summed E-state index contributed by atoms with van der Waals surface area (Å²) in [5, 5.41) is 0. The second-order valence-electron chi connectivity index (χ2n) is 5.03. The fraction of sp³-hybridized carbons (Fsp3) is 0.533. The van der Waals surface area contributed by atoms with Crippen molar-refractivity contribution in [1.29, 1.82) is 0 Å². The first-order valence-electron chi connectivity index (χ1n) is 6.24. The monoisotopic (exact) mass is 233 g/mol. The van der Waals surface area contributed by atoms with E-state index in [1.54, 1.807) is 0 Å². The number of Topliss-reactive ketones (excluding diaryl/α,β-unsaturated/α-hetero) is 1. The largest absolute Gasteiger partial charge is 0.309 e. The van der Waals surface area contributed by atoms with E-state index >= 15 is 0 Å². The van der Waals surface area contributed by atoms with Crippen molar-refractivity contribution in [3.8, 4) is 0 Å². The summed E-state index contributed by atoms with van der Waals surface area (Å²) in [6, 6.07) is 10.1. The minimum atomic E-state index is -0.347. The van der Waals surface area contributed by atoms with Crippen LogP contribution < -0.4 is 0 Å². The highest BCUT2D eigenvalue weighted by Crippen LogP contribution is 2.30. The minimum Gasteiger partial charge on any atom is -0.309 e. The molecule has 0 saturated heterocycles. The Balaban J connectivity index is 2.98. The van der Waals surface area contributed by atoms with Crippen LogP contribution in [0.1, 0.15) is 32.3 Å². The molecule has 0 spiro atoms. The molecule has 2 heteroatoms. The fourth-order valence-corrected chi connectivity index (χ4v) is 2.09. The van der Waals surface area contributed by atoms with E-state index in [2.05, 4.69) is 24.0 Å². The van der Waals surface area contributed by atoms with Crippen LogP contribution in [-0.2, 0) is 10.2 Å². The lowest BCUT2D eigenvalue weighted by Crippen LogP contribution is -2.35. The molecule has 0 bridgehead atoms. The number of rotatable bonds is 6. The second kappa shape index (κ2) is 5.97. The van der Waals surface area contributed by atoms with Gasteiger partial charge in [-0.15, -0.1) is 0 Å². The van der Waals surface area contributed by atoms with Gasteiger partial charge in [0.05, 0.1) is 5.41 Å². The molecule has 0 heterocycles. The SMILES string of the molecule is CCC(=O)C(C)(CCN(C)C)c1ccccc1. The third-order valence-corrected chi connectivity index (χ3v) is 3.41. The molecule has 0 fully saturated rings. The van der Waals surface area contributed by atoms with E-state index in [0.29, 0.717) is 12.2 Å². The summed E-state index contributed by atoms with van der Waals surface area (Å²) in [4.78, 5) is 14.4. The van der Waals surface area contributed by atoms with Crippen molar-refractivity contribution in [2.45, 2.75) is 32.1 Å². The van der Waals surface area contributed by atoms with Crippen LogP contribution in [0.4, 0.5) is 0 Å². The molecular formula is C15H23NO. The Bertz CT molecular complexity index is 358. The van der Waals surface area contributed by atoms with Crippen LogP contribution in [0.15, 0.2) is 30.3 Å². The first kappa shape index (κ1) is 13.9. The first-order chi connectivity index (χ1) is 8.00. The van der Waals surface area contributed by atoms with E-state index < -0.39 is 0 Å². The number of carbonyl (C=O) groups is 1. The van der Waals surface area contributed by atoms with Crippen LogP contribution in [0.2, 0.25) is 0 Å². The quantitative estimate of drug-likeness (QED) is 0.753. The van der Waals surface area contributed by atoms with Crippen molar-refractivity contribution in [3.63, 3.8) is 0 Å². The maximum absolute atomic E-state index is 12.2. The predicted octanol–water partition coefficient (Wildman–Crippen LogP) is 2.88. The summed E-state index contributed by atoms with van der Waals surface area (Å²) in [7, 11) is 4.09. The lowest BCUT2D eigenvalue weighted by molar-refractivity contribution is -0.124. The number of ketones is 1. The average Bonchev–Trinajstić information content (AvgIpc) is 2.36. The van der Waals surface area contributed by atoms with Crippen LogP contribution in [0, 0.1) is 0 Å². The molecule has 0 amide bonds. The molecule has 1 aromatic carbocycles. The van der Waals surface area contributed by atoms with Gasteiger partial charge in [0.2, 0.25) is 0 Å². The van der Waals surface area contributed by atoms with Crippen molar-refractivity contribution in [1.82, 2.24) is 4.90 Å². The van der Waals surface area contributed by atoms with Gasteiger partial charge in [-0.05, 0) is 39.5 Å². The Hall–Kier alpha value is -1.15. The lowest BCUT2D eigenvalue weighted by atomic mass is 9.75. The van der Waals surface area contributed by atoms with Crippen molar-refractivity contribution < 1.29 is 4.79 Å². The molecule has 94 valence electrons. The topological polar surface area (TPSA) is 20.3 Å². The van der Waals surface area contributed by atoms with E-state index in [1.807, 2.05) is 39.2 Å². The van der Waals surface area contributed by atoms with Gasteiger partial charge in [0, 0.05) is 6.42 Å². The van der Waals surface area contributed by atoms with Crippen LogP contribution in [0.5, 0.6) is 0 Å². The number of carbonyl (C=O) groups excluding carboxylic acids is 1. The summed E-state index contributed by atoms with van der Waals surface area (Å²) in [6.45, 7) is 4.94.